The summed E-state index contributed by atoms with van der Waals surface area (Å²) in [7, 11) is -3.04. The van der Waals surface area contributed by atoms with Crippen LogP contribution in [0.15, 0.2) is 72.9 Å². The van der Waals surface area contributed by atoms with Crippen LogP contribution in [0.4, 0.5) is 0 Å². The maximum atomic E-state index is 11.4. The number of fused-ring (bicyclic) bond motifs is 1. The van der Waals surface area contributed by atoms with E-state index in [0.29, 0.717) is 13.2 Å². The fourth-order valence-electron chi connectivity index (χ4n) is 3.61. The topological polar surface area (TPSA) is 76.4 Å². The monoisotopic (exact) mass is 464 g/mol. The van der Waals surface area contributed by atoms with Gasteiger partial charge in [-0.25, -0.2) is 0 Å². The molecule has 3 aromatic carbocycles. The number of ether oxygens (including phenoxy) is 2. The maximum Gasteiger partial charge on any atom is 0.128 e. The van der Waals surface area contributed by atoms with Gasteiger partial charge in [-0.2, -0.15) is 5.10 Å². The standard InChI is InChI=1S/C26H28N2O4S/c1-19(2)32-25-9-5-8-22(15-25)21-7-4-6-20(14-21)18-31-24-10-11-26-23(16-24)17-27-28(26)12-13-33(3,29)30/h4-11,14-17,19H,12-13,18H2,1-3H3. The molecule has 1 atom stereocenters. The van der Waals surface area contributed by atoms with Crippen LogP contribution in [0.1, 0.15) is 19.4 Å². The van der Waals surface area contributed by atoms with Crippen LogP contribution in [0.3, 0.4) is 0 Å². The molecule has 4 aromatic rings. The number of aromatic nitrogens is 2. The lowest BCUT2D eigenvalue weighted by Crippen LogP contribution is -2.17. The summed E-state index contributed by atoms with van der Waals surface area (Å²) in [5.74, 6) is 1.66. The van der Waals surface area contributed by atoms with Crippen molar-refractivity contribution in [1.29, 1.82) is 0 Å². The van der Waals surface area contributed by atoms with Crippen LogP contribution in [-0.2, 0) is 27.6 Å². The molecule has 172 valence electrons. The molecule has 0 aliphatic rings. The van der Waals surface area contributed by atoms with Gasteiger partial charge in [0.2, 0.25) is 0 Å². The van der Waals surface area contributed by atoms with Gasteiger partial charge < -0.3 is 14.0 Å². The second-order valence-electron chi connectivity index (χ2n) is 8.40. The molecule has 7 heteroatoms. The van der Waals surface area contributed by atoms with E-state index in [1.165, 1.54) is 6.26 Å². The number of hydrogen-bond acceptors (Lipinski definition) is 5. The Morgan fingerprint density at radius 2 is 1.76 bits per heavy atom. The van der Waals surface area contributed by atoms with Crippen LogP contribution >= 0.6 is 0 Å². The van der Waals surface area contributed by atoms with Gasteiger partial charge in [-0.1, -0.05) is 30.3 Å². The summed E-state index contributed by atoms with van der Waals surface area (Å²) in [6.45, 7) is 4.80. The number of nitrogens with zero attached hydrogens (tertiary/aromatic N) is 2. The average Bonchev–Trinajstić information content (AvgIpc) is 3.18. The van der Waals surface area contributed by atoms with E-state index in [1.807, 2.05) is 56.3 Å². The number of rotatable bonds is 9. The van der Waals surface area contributed by atoms with Crippen LogP contribution in [0.5, 0.6) is 11.5 Å². The molecule has 0 N–H and O–H groups in total. The normalized spacial score (nSPS) is 13.2. The first-order valence-corrected chi connectivity index (χ1v) is 12.9. The molecule has 0 aliphatic heterocycles. The minimum Gasteiger partial charge on any atom is -0.615 e. The molecule has 6 nitrogen and oxygen atoms in total. The first-order valence-electron chi connectivity index (χ1n) is 10.9. The highest BCUT2D eigenvalue weighted by Crippen LogP contribution is 2.26. The van der Waals surface area contributed by atoms with E-state index in [1.54, 1.807) is 10.9 Å². The highest BCUT2D eigenvalue weighted by atomic mass is 32.3. The Morgan fingerprint density at radius 3 is 2.52 bits per heavy atom. The fraction of sp³-hybridized carbons (Fsp3) is 0.269. The fourth-order valence-corrected chi connectivity index (χ4v) is 4.12. The Hall–Kier alpha value is -3.16. The predicted octanol–water partition coefficient (Wildman–Crippen LogP) is 5.33. The minimum atomic E-state index is -3.04. The largest absolute Gasteiger partial charge is 0.615 e. The summed E-state index contributed by atoms with van der Waals surface area (Å²) in [4.78, 5) is 0. The second kappa shape index (κ2) is 9.77. The van der Waals surface area contributed by atoms with E-state index >= 15 is 0 Å². The summed E-state index contributed by atoms with van der Waals surface area (Å²) in [5.41, 5.74) is 4.15. The molecule has 0 saturated carbocycles. The smallest absolute Gasteiger partial charge is 0.128 e. The summed E-state index contributed by atoms with van der Waals surface area (Å²) in [6.07, 6.45) is 3.09. The zero-order valence-electron chi connectivity index (χ0n) is 19.1. The van der Waals surface area contributed by atoms with Crippen molar-refractivity contribution in [2.24, 2.45) is 0 Å². The van der Waals surface area contributed by atoms with E-state index in [0.717, 1.165) is 39.1 Å². The second-order valence-corrected chi connectivity index (χ2v) is 10.7. The Morgan fingerprint density at radius 1 is 1.00 bits per heavy atom. The third-order valence-corrected chi connectivity index (χ3v) is 6.08. The molecule has 4 rings (SSSR count). The van der Waals surface area contributed by atoms with Gasteiger partial charge in [0.25, 0.3) is 0 Å². The Balaban J connectivity index is 1.45. The molecule has 0 aliphatic carbocycles. The summed E-state index contributed by atoms with van der Waals surface area (Å²) in [5, 5.41) is 5.23. The van der Waals surface area contributed by atoms with Gasteiger partial charge in [-0.05, 0) is 66.9 Å². The van der Waals surface area contributed by atoms with Crippen molar-refractivity contribution >= 4 is 21.1 Å². The third-order valence-electron chi connectivity index (χ3n) is 5.16. The molecule has 1 unspecified atom stereocenters. The quantitative estimate of drug-likeness (QED) is 0.313. The summed E-state index contributed by atoms with van der Waals surface area (Å²) >= 11 is 0. The molecule has 1 aromatic heterocycles. The Labute approximate surface area is 195 Å². The van der Waals surface area contributed by atoms with Crippen molar-refractivity contribution in [1.82, 2.24) is 9.78 Å². The van der Waals surface area contributed by atoms with Gasteiger partial charge in [-0.3, -0.25) is 4.68 Å². The Bertz CT molecular complexity index is 1290. The van der Waals surface area contributed by atoms with E-state index in [2.05, 4.69) is 29.4 Å². The van der Waals surface area contributed by atoms with E-state index < -0.39 is 10.2 Å². The number of aryl methyl sites for hydroxylation is 1. The van der Waals surface area contributed by atoms with Gasteiger partial charge >= 0.3 is 0 Å². The molecule has 0 saturated heterocycles. The van der Waals surface area contributed by atoms with Crippen molar-refractivity contribution in [2.45, 2.75) is 33.1 Å². The SMILES string of the molecule is CC(C)Oc1cccc(-c2cccc(COc3ccc4c(cnn4CC[S+](C)(=O)[O-])c3)c2)c1. The third kappa shape index (κ3) is 6.21. The van der Waals surface area contributed by atoms with Gasteiger partial charge in [-0.15, -0.1) is 4.21 Å². The van der Waals surface area contributed by atoms with E-state index in [4.69, 9.17) is 9.47 Å². The van der Waals surface area contributed by atoms with Crippen molar-refractivity contribution in [3.63, 3.8) is 0 Å². The van der Waals surface area contributed by atoms with Crippen LogP contribution in [0.25, 0.3) is 22.0 Å². The van der Waals surface area contributed by atoms with Crippen LogP contribution in [-0.4, -0.2) is 32.4 Å². The van der Waals surface area contributed by atoms with Crippen molar-refractivity contribution in [3.05, 3.63) is 78.5 Å². The lowest BCUT2D eigenvalue weighted by molar-refractivity contribution is 0.242. The summed E-state index contributed by atoms with van der Waals surface area (Å²) < 4.78 is 36.4. The number of sulfone groups is 1. The summed E-state index contributed by atoms with van der Waals surface area (Å²) in [6, 6.07) is 22.1. The first-order chi connectivity index (χ1) is 15.8. The molecular formula is C26H28N2O4S. The molecule has 0 radical (unpaired) electrons. The Kier molecular flexibility index (Phi) is 6.81. The molecule has 33 heavy (non-hydrogen) atoms. The highest BCUT2D eigenvalue weighted by molar-refractivity contribution is 7.96. The van der Waals surface area contributed by atoms with Gasteiger partial charge in [0.15, 0.2) is 0 Å². The average molecular weight is 465 g/mol. The number of benzene rings is 3. The van der Waals surface area contributed by atoms with Gasteiger partial charge in [0, 0.05) is 15.6 Å². The molecule has 1 heterocycles. The molecule has 0 spiro atoms. The van der Waals surface area contributed by atoms with Crippen LogP contribution in [0, 0.1) is 0 Å². The van der Waals surface area contributed by atoms with E-state index in [-0.39, 0.29) is 11.9 Å². The zero-order chi connectivity index (χ0) is 23.4. The van der Waals surface area contributed by atoms with Crippen molar-refractivity contribution in [3.8, 4) is 22.6 Å². The highest BCUT2D eigenvalue weighted by Gasteiger charge is 2.10. The zero-order valence-corrected chi connectivity index (χ0v) is 19.9. The van der Waals surface area contributed by atoms with Crippen LogP contribution in [0.2, 0.25) is 0 Å². The molecular weight excluding hydrogens is 436 g/mol. The van der Waals surface area contributed by atoms with Crippen LogP contribution < -0.4 is 9.47 Å². The maximum absolute atomic E-state index is 11.4. The first kappa shape index (κ1) is 23.0. The minimum absolute atomic E-state index is 0.0604. The van der Waals surface area contributed by atoms with Crippen molar-refractivity contribution < 1.29 is 18.2 Å². The van der Waals surface area contributed by atoms with Gasteiger partial charge in [0.05, 0.1) is 30.6 Å². The van der Waals surface area contributed by atoms with E-state index in [9.17, 15) is 8.76 Å². The molecule has 0 fully saturated rings. The van der Waals surface area contributed by atoms with Crippen molar-refractivity contribution in [2.75, 3.05) is 12.0 Å². The molecule has 0 amide bonds. The lowest BCUT2D eigenvalue weighted by Gasteiger charge is -2.12. The lowest BCUT2D eigenvalue weighted by atomic mass is 10.0. The molecule has 0 bridgehead atoms. The number of hydrogen-bond donors (Lipinski definition) is 0. The predicted molar refractivity (Wildman–Crippen MR) is 131 cm³/mol. The van der Waals surface area contributed by atoms with Gasteiger partial charge in [0.1, 0.15) is 23.9 Å².